The second kappa shape index (κ2) is 12.7. The van der Waals surface area contributed by atoms with E-state index in [1.54, 1.807) is 20.2 Å². The summed E-state index contributed by atoms with van der Waals surface area (Å²) >= 11 is 0. The van der Waals surface area contributed by atoms with E-state index in [2.05, 4.69) is 27.1 Å². The van der Waals surface area contributed by atoms with Gasteiger partial charge in [0.25, 0.3) is 0 Å². The number of amides is 1. The number of rotatable bonds is 7. The maximum absolute atomic E-state index is 11.6. The molecule has 22 heavy (non-hydrogen) atoms. The zero-order chi connectivity index (χ0) is 15.5. The summed E-state index contributed by atoms with van der Waals surface area (Å²) in [6.45, 7) is 9.65. The van der Waals surface area contributed by atoms with E-state index in [1.165, 1.54) is 4.90 Å². The maximum atomic E-state index is 11.6. The fourth-order valence-electron chi connectivity index (χ4n) is 1.79. The van der Waals surface area contributed by atoms with Gasteiger partial charge in [-0.25, -0.2) is 4.99 Å². The Morgan fingerprint density at radius 2 is 2.05 bits per heavy atom. The number of morpholine rings is 1. The lowest BCUT2D eigenvalue weighted by Gasteiger charge is -2.26. The number of aliphatic imine (C=N–C) groups is 1. The smallest absolute Gasteiger partial charge is 0.243 e. The van der Waals surface area contributed by atoms with E-state index in [-0.39, 0.29) is 36.4 Å². The third-order valence-corrected chi connectivity index (χ3v) is 3.11. The predicted octanol–water partition coefficient (Wildman–Crippen LogP) is -0.254. The summed E-state index contributed by atoms with van der Waals surface area (Å²) in [6.07, 6.45) is 1.76. The van der Waals surface area contributed by atoms with Gasteiger partial charge in [-0.2, -0.15) is 0 Å². The topological polar surface area (TPSA) is 69.2 Å². The number of hydrogen-bond donors (Lipinski definition) is 2. The van der Waals surface area contributed by atoms with Gasteiger partial charge in [0.2, 0.25) is 5.91 Å². The van der Waals surface area contributed by atoms with Gasteiger partial charge in [0, 0.05) is 46.8 Å². The average Bonchev–Trinajstić information content (AvgIpc) is 2.50. The van der Waals surface area contributed by atoms with Crippen LogP contribution < -0.4 is 10.6 Å². The van der Waals surface area contributed by atoms with Crippen molar-refractivity contribution in [1.29, 1.82) is 0 Å². The molecule has 1 aliphatic heterocycles. The van der Waals surface area contributed by atoms with Gasteiger partial charge in [-0.3, -0.25) is 9.69 Å². The highest BCUT2D eigenvalue weighted by Gasteiger charge is 2.10. The number of likely N-dealkylation sites (N-methyl/N-ethyl adjacent to an activating group) is 1. The van der Waals surface area contributed by atoms with Crippen LogP contribution in [0.2, 0.25) is 0 Å². The molecule has 0 aliphatic carbocycles. The van der Waals surface area contributed by atoms with Gasteiger partial charge < -0.3 is 20.3 Å². The summed E-state index contributed by atoms with van der Waals surface area (Å²) in [4.78, 5) is 19.7. The monoisotopic (exact) mass is 425 g/mol. The van der Waals surface area contributed by atoms with E-state index >= 15 is 0 Å². The molecule has 7 nitrogen and oxygen atoms in total. The molecule has 0 bridgehead atoms. The van der Waals surface area contributed by atoms with Gasteiger partial charge in [0.1, 0.15) is 6.54 Å². The number of carbonyl (C=O) groups is 1. The summed E-state index contributed by atoms with van der Waals surface area (Å²) in [5.74, 6) is 0.612. The number of hydrogen-bond acceptors (Lipinski definition) is 4. The lowest BCUT2D eigenvalue weighted by atomic mass is 10.4. The Labute approximate surface area is 150 Å². The van der Waals surface area contributed by atoms with Crippen molar-refractivity contribution >= 4 is 35.8 Å². The lowest BCUT2D eigenvalue weighted by molar-refractivity contribution is -0.127. The number of nitrogens with zero attached hydrogens (tertiary/aromatic N) is 3. The Morgan fingerprint density at radius 1 is 1.36 bits per heavy atom. The third kappa shape index (κ3) is 9.21. The van der Waals surface area contributed by atoms with E-state index in [9.17, 15) is 4.79 Å². The molecule has 0 aromatic heterocycles. The molecule has 128 valence electrons. The Kier molecular flexibility index (Phi) is 12.2. The third-order valence-electron chi connectivity index (χ3n) is 3.11. The number of carbonyl (C=O) groups excluding carboxylic acids is 1. The van der Waals surface area contributed by atoms with Gasteiger partial charge in [-0.1, -0.05) is 6.08 Å². The molecule has 0 spiro atoms. The Bertz CT molecular complexity index is 357. The minimum Gasteiger partial charge on any atom is -0.379 e. The van der Waals surface area contributed by atoms with Crippen molar-refractivity contribution < 1.29 is 9.53 Å². The molecule has 0 atom stereocenters. The van der Waals surface area contributed by atoms with Gasteiger partial charge in [0.15, 0.2) is 5.96 Å². The van der Waals surface area contributed by atoms with Crippen molar-refractivity contribution in [3.05, 3.63) is 12.7 Å². The van der Waals surface area contributed by atoms with Gasteiger partial charge in [-0.05, 0) is 0 Å². The van der Waals surface area contributed by atoms with Crippen LogP contribution in [0.5, 0.6) is 0 Å². The Hall–Kier alpha value is -0.870. The normalized spacial score (nSPS) is 15.6. The lowest BCUT2D eigenvalue weighted by Crippen LogP contribution is -2.44. The minimum absolute atomic E-state index is 0. The van der Waals surface area contributed by atoms with Crippen LogP contribution in [0.4, 0.5) is 0 Å². The zero-order valence-corrected chi connectivity index (χ0v) is 15.8. The van der Waals surface area contributed by atoms with Gasteiger partial charge in [-0.15, -0.1) is 30.6 Å². The number of halogens is 1. The molecule has 1 rings (SSSR count). The first-order chi connectivity index (χ1) is 10.1. The highest BCUT2D eigenvalue weighted by atomic mass is 127. The average molecular weight is 425 g/mol. The maximum Gasteiger partial charge on any atom is 0.243 e. The van der Waals surface area contributed by atoms with Crippen LogP contribution in [0.3, 0.4) is 0 Å². The van der Waals surface area contributed by atoms with E-state index in [4.69, 9.17) is 4.74 Å². The molecule has 0 aromatic rings. The fraction of sp³-hybridized carbons (Fsp3) is 0.714. The van der Waals surface area contributed by atoms with E-state index < -0.39 is 0 Å². The number of nitrogens with one attached hydrogen (secondary N) is 2. The minimum atomic E-state index is -0.0251. The fourth-order valence-corrected chi connectivity index (χ4v) is 1.79. The summed E-state index contributed by atoms with van der Waals surface area (Å²) in [5, 5.41) is 6.34. The van der Waals surface area contributed by atoms with Crippen molar-refractivity contribution in [3.8, 4) is 0 Å². The number of guanidine groups is 1. The summed E-state index contributed by atoms with van der Waals surface area (Å²) < 4.78 is 5.32. The molecule has 8 heteroatoms. The molecule has 0 aromatic carbocycles. The molecule has 0 radical (unpaired) electrons. The summed E-state index contributed by atoms with van der Waals surface area (Å²) in [6, 6.07) is 0. The quantitative estimate of drug-likeness (QED) is 0.255. The largest absolute Gasteiger partial charge is 0.379 e. The first-order valence-corrected chi connectivity index (χ1v) is 7.27. The van der Waals surface area contributed by atoms with Crippen LogP contribution in [0.1, 0.15) is 0 Å². The Morgan fingerprint density at radius 3 is 2.64 bits per heavy atom. The molecule has 1 amide bonds. The van der Waals surface area contributed by atoms with Crippen LogP contribution in [0.25, 0.3) is 0 Å². The summed E-state index contributed by atoms with van der Waals surface area (Å²) in [7, 11) is 3.45. The van der Waals surface area contributed by atoms with Crippen LogP contribution in [0, 0.1) is 0 Å². The van der Waals surface area contributed by atoms with Crippen molar-refractivity contribution in [2.24, 2.45) is 4.99 Å². The van der Waals surface area contributed by atoms with Crippen molar-refractivity contribution in [2.75, 3.05) is 66.6 Å². The molecule has 1 aliphatic rings. The van der Waals surface area contributed by atoms with Gasteiger partial charge >= 0.3 is 0 Å². The number of ether oxygens (including phenoxy) is 1. The van der Waals surface area contributed by atoms with Crippen LogP contribution in [0.15, 0.2) is 17.6 Å². The van der Waals surface area contributed by atoms with Crippen LogP contribution >= 0.6 is 24.0 Å². The SMILES string of the molecule is C=CCNC(=NCC(=O)N(C)C)NCCN1CCOCC1.I. The van der Waals surface area contributed by atoms with Crippen LogP contribution in [-0.2, 0) is 9.53 Å². The molecule has 1 heterocycles. The Balaban J connectivity index is 0.00000441. The molecule has 0 unspecified atom stereocenters. The van der Waals surface area contributed by atoms with Crippen molar-refractivity contribution in [2.45, 2.75) is 0 Å². The van der Waals surface area contributed by atoms with E-state index in [1.807, 2.05) is 0 Å². The highest BCUT2D eigenvalue weighted by molar-refractivity contribution is 14.0. The van der Waals surface area contributed by atoms with E-state index in [0.717, 1.165) is 39.4 Å². The first-order valence-electron chi connectivity index (χ1n) is 7.27. The molecule has 1 saturated heterocycles. The second-order valence-electron chi connectivity index (χ2n) is 5.00. The van der Waals surface area contributed by atoms with E-state index in [0.29, 0.717) is 12.5 Å². The molecular weight excluding hydrogens is 397 g/mol. The zero-order valence-electron chi connectivity index (χ0n) is 13.5. The van der Waals surface area contributed by atoms with Gasteiger partial charge in [0.05, 0.1) is 13.2 Å². The first kappa shape index (κ1) is 21.1. The van der Waals surface area contributed by atoms with Crippen molar-refractivity contribution in [3.63, 3.8) is 0 Å². The molecular formula is C14H28IN5O2. The second-order valence-corrected chi connectivity index (χ2v) is 5.00. The molecule has 1 fully saturated rings. The predicted molar refractivity (Wildman–Crippen MR) is 99.9 cm³/mol. The molecule has 2 N–H and O–H groups in total. The standard InChI is InChI=1S/C14H27N5O2.HI/c1-4-5-15-14(17-12-13(20)18(2)3)16-6-7-19-8-10-21-11-9-19;/h4H,1,5-12H2,2-3H3,(H2,15,16,17);1H. The highest BCUT2D eigenvalue weighted by Crippen LogP contribution is 1.94. The summed E-state index contributed by atoms with van der Waals surface area (Å²) in [5.41, 5.74) is 0. The van der Waals surface area contributed by atoms with Crippen molar-refractivity contribution in [1.82, 2.24) is 20.4 Å². The molecule has 0 saturated carbocycles. The van der Waals surface area contributed by atoms with Crippen LogP contribution in [-0.4, -0.2) is 88.2 Å².